The van der Waals surface area contributed by atoms with Gasteiger partial charge in [-0.15, -0.1) is 0 Å². The molecule has 254 valence electrons. The first-order chi connectivity index (χ1) is 22.4. The number of alkyl halides is 5. The molecule has 0 unspecified atom stereocenters. The molecule has 0 bridgehead atoms. The molecule has 2 aliphatic heterocycles. The smallest absolute Gasteiger partial charge is 0.408 e. The summed E-state index contributed by atoms with van der Waals surface area (Å²) in [7, 11) is 0. The molecule has 3 aromatic rings. The average Bonchev–Trinajstić information content (AvgIpc) is 3.46. The molecular formula is C32H37F5N6O4. The number of fused-ring (bicyclic) bond motifs is 1. The predicted octanol–water partition coefficient (Wildman–Crippen LogP) is 5.67. The minimum absolute atomic E-state index is 0.0176. The van der Waals surface area contributed by atoms with E-state index in [9.17, 15) is 31.5 Å². The SMILES string of the molecule is O=C(N[C@H](c1cn2nc(C[C@H]3C[C@@H](C(F)(F)F)CNC3=O)c(C3CCOCC3)nc2n1)[C@H]1CCCC(F)(F)C1)OCc1ccccc1. The van der Waals surface area contributed by atoms with Gasteiger partial charge in [-0.3, -0.25) is 4.79 Å². The number of alkyl carbamates (subject to hydrolysis) is 1. The zero-order valence-corrected chi connectivity index (χ0v) is 25.6. The number of hydrogen-bond donors (Lipinski definition) is 2. The zero-order valence-electron chi connectivity index (χ0n) is 25.6. The molecule has 47 heavy (non-hydrogen) atoms. The molecule has 2 amide bonds. The fraction of sp³-hybridized carbons (Fsp3) is 0.594. The summed E-state index contributed by atoms with van der Waals surface area (Å²) in [5, 5.41) is 9.84. The molecule has 2 N–H and O–H groups in total. The summed E-state index contributed by atoms with van der Waals surface area (Å²) in [4.78, 5) is 35.1. The Bertz CT molecular complexity index is 1560. The third kappa shape index (κ3) is 7.99. The summed E-state index contributed by atoms with van der Waals surface area (Å²) in [6.07, 6.45) is -3.01. The Balaban J connectivity index is 1.31. The second kappa shape index (κ2) is 13.7. The number of piperidine rings is 1. The molecule has 2 saturated heterocycles. The minimum Gasteiger partial charge on any atom is -0.445 e. The van der Waals surface area contributed by atoms with Crippen molar-refractivity contribution in [1.29, 1.82) is 0 Å². The molecule has 1 aromatic carbocycles. The molecule has 1 saturated carbocycles. The van der Waals surface area contributed by atoms with Crippen LogP contribution in [-0.2, 0) is 27.3 Å². The number of halogens is 5. The van der Waals surface area contributed by atoms with Gasteiger partial charge >= 0.3 is 12.3 Å². The molecule has 3 aliphatic rings. The lowest BCUT2D eigenvalue weighted by Gasteiger charge is -2.33. The van der Waals surface area contributed by atoms with E-state index in [1.165, 1.54) is 10.7 Å². The Kier molecular flexibility index (Phi) is 9.62. The molecule has 0 radical (unpaired) electrons. The van der Waals surface area contributed by atoms with Gasteiger partial charge in [0, 0.05) is 50.9 Å². The van der Waals surface area contributed by atoms with Gasteiger partial charge in [0.15, 0.2) is 0 Å². The summed E-state index contributed by atoms with van der Waals surface area (Å²) >= 11 is 0. The van der Waals surface area contributed by atoms with E-state index in [2.05, 4.69) is 15.6 Å². The number of ether oxygens (including phenoxy) is 2. The second-order valence-corrected chi connectivity index (χ2v) is 12.8. The van der Waals surface area contributed by atoms with Crippen molar-refractivity contribution in [3.63, 3.8) is 0 Å². The Labute approximate surface area is 267 Å². The van der Waals surface area contributed by atoms with Crippen LogP contribution in [0.5, 0.6) is 0 Å². The van der Waals surface area contributed by atoms with Gasteiger partial charge in [-0.2, -0.15) is 18.3 Å². The monoisotopic (exact) mass is 664 g/mol. The van der Waals surface area contributed by atoms with Crippen LogP contribution in [0.2, 0.25) is 0 Å². The first-order valence-corrected chi connectivity index (χ1v) is 16.0. The van der Waals surface area contributed by atoms with Gasteiger partial charge in [0.1, 0.15) is 6.61 Å². The lowest BCUT2D eigenvalue weighted by Crippen LogP contribution is -2.47. The molecule has 4 atom stereocenters. The minimum atomic E-state index is -4.45. The molecule has 3 fully saturated rings. The van der Waals surface area contributed by atoms with E-state index in [4.69, 9.17) is 19.6 Å². The quantitative estimate of drug-likeness (QED) is 0.298. The van der Waals surface area contributed by atoms with Gasteiger partial charge in [-0.25, -0.2) is 28.1 Å². The van der Waals surface area contributed by atoms with Crippen molar-refractivity contribution in [2.24, 2.45) is 17.8 Å². The fourth-order valence-electron chi connectivity index (χ4n) is 6.86. The number of carbonyl (C=O) groups is 2. The van der Waals surface area contributed by atoms with Crippen LogP contribution < -0.4 is 10.6 Å². The Morgan fingerprint density at radius 1 is 1.15 bits per heavy atom. The average molecular weight is 665 g/mol. The number of amides is 2. The Morgan fingerprint density at radius 3 is 2.64 bits per heavy atom. The van der Waals surface area contributed by atoms with E-state index in [1.54, 1.807) is 24.3 Å². The standard InChI is InChI=1S/C32H37F5N6O4/c33-31(34)10-4-7-21(15-31)27(41-30(45)47-18-19-5-2-1-3-6-19)25-17-43-29(39-25)40-26(20-8-11-46-12-9-20)24(42-43)14-22-13-23(32(35,36)37)16-38-28(22)44/h1-3,5-6,17,20-23,27H,4,7-16,18H2,(H,38,44)(H,41,45)/t21-,22+,23+,27-/m0/s1. The molecule has 10 nitrogen and oxygen atoms in total. The summed E-state index contributed by atoms with van der Waals surface area (Å²) in [5.41, 5.74) is 1.90. The van der Waals surface area contributed by atoms with E-state index in [-0.39, 0.29) is 49.7 Å². The van der Waals surface area contributed by atoms with Crippen molar-refractivity contribution in [2.75, 3.05) is 19.8 Å². The number of nitrogens with zero attached hydrogens (tertiary/aromatic N) is 4. The Hall–Kier alpha value is -3.88. The second-order valence-electron chi connectivity index (χ2n) is 12.8. The van der Waals surface area contributed by atoms with Crippen molar-refractivity contribution >= 4 is 17.8 Å². The number of nitrogens with one attached hydrogen (secondary N) is 2. The van der Waals surface area contributed by atoms with Crippen molar-refractivity contribution < 1.29 is 41.0 Å². The van der Waals surface area contributed by atoms with E-state index in [1.807, 2.05) is 6.07 Å². The third-order valence-electron chi connectivity index (χ3n) is 9.36. The molecule has 1 aliphatic carbocycles. The molecule has 15 heteroatoms. The summed E-state index contributed by atoms with van der Waals surface area (Å²) in [6, 6.07) is 8.08. The molecular weight excluding hydrogens is 627 g/mol. The molecule has 4 heterocycles. The maximum atomic E-state index is 14.6. The van der Waals surface area contributed by atoms with Crippen LogP contribution >= 0.6 is 0 Å². The summed E-state index contributed by atoms with van der Waals surface area (Å²) in [5.74, 6) is -6.66. The third-order valence-corrected chi connectivity index (χ3v) is 9.36. The number of carbonyl (C=O) groups excluding carboxylic acids is 2. The van der Waals surface area contributed by atoms with Gasteiger partial charge in [-0.1, -0.05) is 30.3 Å². The van der Waals surface area contributed by atoms with Gasteiger partial charge in [0.2, 0.25) is 11.8 Å². The summed E-state index contributed by atoms with van der Waals surface area (Å²) < 4.78 is 82.2. The summed E-state index contributed by atoms with van der Waals surface area (Å²) in [6.45, 7) is 0.438. The maximum Gasteiger partial charge on any atom is 0.408 e. The number of imidazole rings is 1. The normalized spacial score (nSPS) is 24.4. The van der Waals surface area contributed by atoms with Gasteiger partial charge in [0.05, 0.1) is 35.2 Å². The molecule has 0 spiro atoms. The van der Waals surface area contributed by atoms with Crippen LogP contribution in [0.1, 0.15) is 79.6 Å². The number of aromatic nitrogens is 4. The maximum absolute atomic E-state index is 14.6. The molecule has 2 aromatic heterocycles. The van der Waals surface area contributed by atoms with E-state index in [0.29, 0.717) is 43.9 Å². The molecule has 6 rings (SSSR count). The lowest BCUT2D eigenvalue weighted by atomic mass is 9.81. The largest absolute Gasteiger partial charge is 0.445 e. The lowest BCUT2D eigenvalue weighted by molar-refractivity contribution is -0.183. The van der Waals surface area contributed by atoms with Gasteiger partial charge < -0.3 is 20.1 Å². The highest BCUT2D eigenvalue weighted by Crippen LogP contribution is 2.42. The van der Waals surface area contributed by atoms with Crippen molar-refractivity contribution in [1.82, 2.24) is 30.2 Å². The fourth-order valence-corrected chi connectivity index (χ4v) is 6.86. The Morgan fingerprint density at radius 2 is 1.91 bits per heavy atom. The van der Waals surface area contributed by atoms with Crippen LogP contribution in [-0.4, -0.2) is 63.4 Å². The number of rotatable bonds is 8. The van der Waals surface area contributed by atoms with Crippen LogP contribution in [0.15, 0.2) is 36.5 Å². The van der Waals surface area contributed by atoms with Crippen LogP contribution in [0.25, 0.3) is 5.78 Å². The van der Waals surface area contributed by atoms with Crippen LogP contribution in [0, 0.1) is 17.8 Å². The van der Waals surface area contributed by atoms with Crippen molar-refractivity contribution in [2.45, 2.75) is 82.0 Å². The predicted molar refractivity (Wildman–Crippen MR) is 157 cm³/mol. The van der Waals surface area contributed by atoms with Crippen LogP contribution in [0.4, 0.5) is 26.7 Å². The van der Waals surface area contributed by atoms with Gasteiger partial charge in [-0.05, 0) is 43.6 Å². The zero-order chi connectivity index (χ0) is 33.2. The van der Waals surface area contributed by atoms with E-state index >= 15 is 0 Å². The number of benzene rings is 1. The highest BCUT2D eigenvalue weighted by atomic mass is 19.4. The first kappa shape index (κ1) is 33.0. The highest BCUT2D eigenvalue weighted by Gasteiger charge is 2.45. The number of hydrogen-bond acceptors (Lipinski definition) is 7. The van der Waals surface area contributed by atoms with Gasteiger partial charge in [0.25, 0.3) is 5.78 Å². The van der Waals surface area contributed by atoms with Crippen molar-refractivity contribution in [3.05, 3.63) is 59.2 Å². The van der Waals surface area contributed by atoms with E-state index in [0.717, 1.165) is 5.56 Å². The highest BCUT2D eigenvalue weighted by molar-refractivity contribution is 5.79. The topological polar surface area (TPSA) is 120 Å². The van der Waals surface area contributed by atoms with Crippen LogP contribution in [0.3, 0.4) is 0 Å². The van der Waals surface area contributed by atoms with E-state index < -0.39 is 60.9 Å². The first-order valence-electron chi connectivity index (χ1n) is 16.0. The van der Waals surface area contributed by atoms with Crippen molar-refractivity contribution in [3.8, 4) is 0 Å².